The average molecular weight is 339 g/mol. The molecule has 2 rings (SSSR count). The van der Waals surface area contributed by atoms with Gasteiger partial charge >= 0.3 is 0 Å². The largest absolute Gasteiger partial charge is 0.329 e. The van der Waals surface area contributed by atoms with Gasteiger partial charge in [-0.3, -0.25) is 4.90 Å². The predicted octanol–water partition coefficient (Wildman–Crippen LogP) is 4.35. The summed E-state index contributed by atoms with van der Waals surface area (Å²) in [6.07, 6.45) is 5.39. The molecule has 2 nitrogen and oxygen atoms in total. The summed E-state index contributed by atoms with van der Waals surface area (Å²) >= 11 is 3.70. The first-order valence-electron chi connectivity index (χ1n) is 7.83. The third-order valence-corrected chi connectivity index (χ3v) is 4.98. The summed E-state index contributed by atoms with van der Waals surface area (Å²) in [6, 6.07) is 9.56. The first kappa shape index (κ1) is 16.0. The molecule has 1 aliphatic rings. The number of halogens is 1. The fraction of sp³-hybridized carbons (Fsp3) is 0.647. The summed E-state index contributed by atoms with van der Waals surface area (Å²) < 4.78 is 1.18. The van der Waals surface area contributed by atoms with Crippen molar-refractivity contribution in [3.05, 3.63) is 34.3 Å². The van der Waals surface area contributed by atoms with Crippen LogP contribution < -0.4 is 5.73 Å². The van der Waals surface area contributed by atoms with Crippen LogP contribution in [0.3, 0.4) is 0 Å². The Kier molecular flexibility index (Phi) is 6.06. The van der Waals surface area contributed by atoms with E-state index in [1.165, 1.54) is 35.7 Å². The quantitative estimate of drug-likeness (QED) is 0.835. The van der Waals surface area contributed by atoms with Gasteiger partial charge in [-0.15, -0.1) is 0 Å². The Morgan fingerprint density at radius 2 is 1.90 bits per heavy atom. The van der Waals surface area contributed by atoms with Crippen LogP contribution >= 0.6 is 15.9 Å². The molecule has 0 radical (unpaired) electrons. The first-order chi connectivity index (χ1) is 9.63. The molecule has 1 aliphatic carbocycles. The molecule has 112 valence electrons. The van der Waals surface area contributed by atoms with E-state index in [2.05, 4.69) is 58.9 Å². The smallest absolute Gasteiger partial charge is 0.0484 e. The van der Waals surface area contributed by atoms with Crippen molar-refractivity contribution in [1.29, 1.82) is 0 Å². The summed E-state index contributed by atoms with van der Waals surface area (Å²) in [4.78, 5) is 2.66. The van der Waals surface area contributed by atoms with Crippen molar-refractivity contribution in [2.75, 3.05) is 13.1 Å². The van der Waals surface area contributed by atoms with Crippen molar-refractivity contribution >= 4 is 15.9 Å². The number of nitrogens with zero attached hydrogens (tertiary/aromatic N) is 1. The second-order valence-corrected chi connectivity index (χ2v) is 7.16. The lowest BCUT2D eigenvalue weighted by molar-refractivity contribution is 0.121. The van der Waals surface area contributed by atoms with E-state index in [4.69, 9.17) is 5.73 Å². The highest BCUT2D eigenvalue weighted by Gasteiger charge is 2.30. The summed E-state index contributed by atoms with van der Waals surface area (Å²) in [5.74, 6) is 0.673. The zero-order chi connectivity index (χ0) is 14.5. The van der Waals surface area contributed by atoms with Crippen LogP contribution in [0, 0.1) is 5.92 Å². The maximum absolute atomic E-state index is 6.16. The van der Waals surface area contributed by atoms with Crippen LogP contribution in [0.25, 0.3) is 0 Å². The van der Waals surface area contributed by atoms with Gasteiger partial charge in [0.25, 0.3) is 0 Å². The molecular formula is C17H27BrN2. The summed E-state index contributed by atoms with van der Waals surface area (Å²) in [7, 11) is 0. The van der Waals surface area contributed by atoms with Crippen LogP contribution in [0.2, 0.25) is 0 Å². The molecule has 1 aromatic carbocycles. The molecule has 1 aromatic rings. The van der Waals surface area contributed by atoms with E-state index in [1.54, 1.807) is 0 Å². The first-order valence-corrected chi connectivity index (χ1v) is 8.63. The highest BCUT2D eigenvalue weighted by Crippen LogP contribution is 2.34. The van der Waals surface area contributed by atoms with Crippen molar-refractivity contribution in [2.24, 2.45) is 11.7 Å². The van der Waals surface area contributed by atoms with E-state index >= 15 is 0 Å². The zero-order valence-corrected chi connectivity index (χ0v) is 14.3. The molecule has 1 saturated carbocycles. The van der Waals surface area contributed by atoms with Crippen LogP contribution in [-0.4, -0.2) is 24.0 Å². The molecule has 0 spiro atoms. The van der Waals surface area contributed by atoms with E-state index in [0.717, 1.165) is 6.54 Å². The second-order valence-electron chi connectivity index (χ2n) is 6.30. The number of hydrogen-bond donors (Lipinski definition) is 1. The second kappa shape index (κ2) is 7.58. The van der Waals surface area contributed by atoms with Gasteiger partial charge < -0.3 is 5.73 Å². The molecule has 0 aliphatic heterocycles. The third kappa shape index (κ3) is 3.84. The minimum atomic E-state index is 0.330. The van der Waals surface area contributed by atoms with Crippen molar-refractivity contribution < 1.29 is 0 Å². The van der Waals surface area contributed by atoms with E-state index in [0.29, 0.717) is 24.5 Å². The highest BCUT2D eigenvalue weighted by atomic mass is 79.9. The van der Waals surface area contributed by atoms with E-state index in [1.807, 2.05) is 0 Å². The number of hydrogen-bond acceptors (Lipinski definition) is 2. The third-order valence-electron chi connectivity index (χ3n) is 4.26. The van der Waals surface area contributed by atoms with E-state index in [9.17, 15) is 0 Å². The van der Waals surface area contributed by atoms with Crippen molar-refractivity contribution in [2.45, 2.75) is 51.6 Å². The standard InChI is InChI=1S/C17H27BrN2/c1-13(2)12-20(14-7-3-4-8-14)17(11-19)15-9-5-6-10-16(15)18/h5-6,9-10,13-14,17H,3-4,7-8,11-12,19H2,1-2H3. The van der Waals surface area contributed by atoms with E-state index in [-0.39, 0.29) is 0 Å². The molecule has 0 aromatic heterocycles. The van der Waals surface area contributed by atoms with Crippen molar-refractivity contribution in [3.8, 4) is 0 Å². The maximum atomic E-state index is 6.16. The number of rotatable bonds is 6. The molecule has 1 unspecified atom stereocenters. The van der Waals surface area contributed by atoms with Crippen LogP contribution in [0.15, 0.2) is 28.7 Å². The normalized spacial score (nSPS) is 18.1. The number of nitrogens with two attached hydrogens (primary N) is 1. The Balaban J connectivity index is 2.26. The number of benzene rings is 1. The van der Waals surface area contributed by atoms with E-state index < -0.39 is 0 Å². The summed E-state index contributed by atoms with van der Waals surface area (Å²) in [5.41, 5.74) is 7.49. The van der Waals surface area contributed by atoms with Gasteiger partial charge in [0.2, 0.25) is 0 Å². The van der Waals surface area contributed by atoms with Crippen molar-refractivity contribution in [1.82, 2.24) is 4.90 Å². The molecular weight excluding hydrogens is 312 g/mol. The van der Waals surface area contributed by atoms with Gasteiger partial charge in [0.15, 0.2) is 0 Å². The Bertz CT molecular complexity index is 413. The fourth-order valence-corrected chi connectivity index (χ4v) is 3.92. The molecule has 1 fully saturated rings. The lowest BCUT2D eigenvalue weighted by Crippen LogP contribution is -2.42. The zero-order valence-electron chi connectivity index (χ0n) is 12.7. The van der Waals surface area contributed by atoms with Gasteiger partial charge in [-0.25, -0.2) is 0 Å². The minimum Gasteiger partial charge on any atom is -0.329 e. The molecule has 0 heterocycles. The predicted molar refractivity (Wildman–Crippen MR) is 89.7 cm³/mol. The van der Waals surface area contributed by atoms with Gasteiger partial charge in [-0.05, 0) is 30.4 Å². The molecule has 0 bridgehead atoms. The average Bonchev–Trinajstić information content (AvgIpc) is 2.94. The molecule has 0 saturated heterocycles. The fourth-order valence-electron chi connectivity index (χ4n) is 3.37. The molecule has 20 heavy (non-hydrogen) atoms. The van der Waals surface area contributed by atoms with Gasteiger partial charge in [0.1, 0.15) is 0 Å². The lowest BCUT2D eigenvalue weighted by atomic mass is 10.0. The molecule has 3 heteroatoms. The molecule has 0 amide bonds. The van der Waals surface area contributed by atoms with Crippen molar-refractivity contribution in [3.63, 3.8) is 0 Å². The molecule has 2 N–H and O–H groups in total. The van der Waals surface area contributed by atoms with Crippen LogP contribution in [-0.2, 0) is 0 Å². The van der Waals surface area contributed by atoms with Crippen LogP contribution in [0.5, 0.6) is 0 Å². The Morgan fingerprint density at radius 1 is 1.25 bits per heavy atom. The lowest BCUT2D eigenvalue weighted by Gasteiger charge is -2.38. The minimum absolute atomic E-state index is 0.330. The Hall–Kier alpha value is -0.380. The maximum Gasteiger partial charge on any atom is 0.0484 e. The van der Waals surface area contributed by atoms with Gasteiger partial charge in [0.05, 0.1) is 0 Å². The van der Waals surface area contributed by atoms with Gasteiger partial charge in [-0.1, -0.05) is 60.8 Å². The summed E-state index contributed by atoms with van der Waals surface area (Å²) in [5, 5.41) is 0. The van der Waals surface area contributed by atoms with Crippen LogP contribution in [0.4, 0.5) is 0 Å². The summed E-state index contributed by atoms with van der Waals surface area (Å²) in [6.45, 7) is 6.42. The monoisotopic (exact) mass is 338 g/mol. The highest BCUT2D eigenvalue weighted by molar-refractivity contribution is 9.10. The Morgan fingerprint density at radius 3 is 2.45 bits per heavy atom. The van der Waals surface area contributed by atoms with Gasteiger partial charge in [-0.2, -0.15) is 0 Å². The topological polar surface area (TPSA) is 29.3 Å². The Labute approximate surface area is 131 Å². The van der Waals surface area contributed by atoms with Gasteiger partial charge in [0, 0.05) is 29.6 Å². The SMILES string of the molecule is CC(C)CN(C1CCCC1)C(CN)c1ccccc1Br. The molecule has 1 atom stereocenters. The van der Waals surface area contributed by atoms with Crippen LogP contribution in [0.1, 0.15) is 51.1 Å².